The third kappa shape index (κ3) is 4.47. The van der Waals surface area contributed by atoms with E-state index in [0.717, 1.165) is 11.1 Å². The summed E-state index contributed by atoms with van der Waals surface area (Å²) in [5, 5.41) is 3.53. The molecule has 0 aliphatic rings. The number of benzene rings is 5. The fourth-order valence-electron chi connectivity index (χ4n) is 5.01. The molecule has 0 amide bonds. The lowest BCUT2D eigenvalue weighted by molar-refractivity contribution is -0.137. The maximum Gasteiger partial charge on any atom is 0.416 e. The van der Waals surface area contributed by atoms with Gasteiger partial charge in [0.15, 0.2) is 0 Å². The zero-order valence-corrected chi connectivity index (χ0v) is 20.4. The summed E-state index contributed by atoms with van der Waals surface area (Å²) in [5.74, 6) is 0. The van der Waals surface area contributed by atoms with Crippen molar-refractivity contribution in [2.24, 2.45) is 0 Å². The van der Waals surface area contributed by atoms with Gasteiger partial charge in [-0.15, -0.1) is 0 Å². The number of halogens is 3. The van der Waals surface area contributed by atoms with Crippen LogP contribution in [0, 0.1) is 0 Å². The van der Waals surface area contributed by atoms with Gasteiger partial charge in [-0.25, -0.2) is 0 Å². The first-order valence-electron chi connectivity index (χ1n) is 11.8. The molecule has 0 aromatic heterocycles. The second kappa shape index (κ2) is 10.1. The maximum absolute atomic E-state index is 13.5. The van der Waals surface area contributed by atoms with Crippen molar-refractivity contribution >= 4 is 23.2 Å². The summed E-state index contributed by atoms with van der Waals surface area (Å²) in [6.07, 6.45) is -4.38. The molecule has 0 N–H and O–H groups in total. The van der Waals surface area contributed by atoms with Gasteiger partial charge in [-0.1, -0.05) is 97.1 Å². The molecule has 0 saturated carbocycles. The molecule has 0 aliphatic carbocycles. The Bertz CT molecular complexity index is 1290. The van der Waals surface area contributed by atoms with E-state index in [0.29, 0.717) is 0 Å². The summed E-state index contributed by atoms with van der Waals surface area (Å²) >= 11 is 0. The van der Waals surface area contributed by atoms with Crippen molar-refractivity contribution in [1.82, 2.24) is 0 Å². The summed E-state index contributed by atoms with van der Waals surface area (Å²) < 4.78 is 40.4. The van der Waals surface area contributed by atoms with Crippen LogP contribution in [0.15, 0.2) is 146 Å². The van der Waals surface area contributed by atoms with Crippen LogP contribution < -0.4 is 15.9 Å². The van der Waals surface area contributed by atoms with Gasteiger partial charge in [-0.05, 0) is 59.7 Å². The van der Waals surface area contributed by atoms with E-state index in [2.05, 4.69) is 48.5 Å². The van der Waals surface area contributed by atoms with Crippen molar-refractivity contribution in [2.45, 2.75) is 11.8 Å². The van der Waals surface area contributed by atoms with Crippen molar-refractivity contribution in [3.8, 4) is 0 Å². The van der Waals surface area contributed by atoms with E-state index in [1.807, 2.05) is 72.8 Å². The van der Waals surface area contributed by atoms with Gasteiger partial charge in [0.25, 0.3) is 0 Å². The van der Waals surface area contributed by atoms with E-state index < -0.39 is 19.0 Å². The van der Waals surface area contributed by atoms with Gasteiger partial charge in [-0.2, -0.15) is 13.2 Å². The van der Waals surface area contributed by atoms with E-state index in [1.54, 1.807) is 12.1 Å². The monoisotopic (exact) mass is 497 g/mol. The molecule has 0 aliphatic heterocycles. The van der Waals surface area contributed by atoms with Crippen LogP contribution in [0.2, 0.25) is 0 Å². The minimum Gasteiger partial charge on any atom is -0.166 e. The molecule has 5 aromatic rings. The molecule has 0 radical (unpaired) electrons. The molecular formula is C32H25F3P+. The Labute approximate surface area is 210 Å². The molecular weight excluding hydrogens is 472 g/mol. The Morgan fingerprint density at radius 3 is 1.11 bits per heavy atom. The van der Waals surface area contributed by atoms with Crippen LogP contribution in [0.25, 0.3) is 0 Å². The van der Waals surface area contributed by atoms with Crippen molar-refractivity contribution in [2.75, 3.05) is 0 Å². The van der Waals surface area contributed by atoms with Crippen LogP contribution in [0.4, 0.5) is 13.2 Å². The summed E-state index contributed by atoms with van der Waals surface area (Å²) in [6, 6.07) is 47.1. The molecule has 0 spiro atoms. The fraction of sp³-hybridized carbons (Fsp3) is 0.0625. The first-order valence-corrected chi connectivity index (χ1v) is 13.6. The minimum absolute atomic E-state index is 0.187. The molecule has 1 atom stereocenters. The molecule has 0 heterocycles. The van der Waals surface area contributed by atoms with Crippen molar-refractivity contribution in [3.05, 3.63) is 162 Å². The van der Waals surface area contributed by atoms with E-state index in [-0.39, 0.29) is 5.66 Å². The zero-order chi connectivity index (χ0) is 25.0. The molecule has 0 bridgehead atoms. The number of alkyl halides is 3. The van der Waals surface area contributed by atoms with Crippen molar-refractivity contribution < 1.29 is 13.2 Å². The van der Waals surface area contributed by atoms with E-state index in [4.69, 9.17) is 0 Å². The van der Waals surface area contributed by atoms with Crippen LogP contribution >= 0.6 is 7.26 Å². The lowest BCUT2D eigenvalue weighted by Gasteiger charge is -2.35. The van der Waals surface area contributed by atoms with Gasteiger partial charge in [-0.3, -0.25) is 0 Å². The van der Waals surface area contributed by atoms with Gasteiger partial charge >= 0.3 is 6.18 Å². The highest BCUT2D eigenvalue weighted by Gasteiger charge is 2.53. The van der Waals surface area contributed by atoms with Crippen molar-refractivity contribution in [1.29, 1.82) is 0 Å². The highest BCUT2D eigenvalue weighted by molar-refractivity contribution is 7.96. The maximum atomic E-state index is 13.5. The molecule has 178 valence electrons. The highest BCUT2D eigenvalue weighted by Crippen LogP contribution is 2.68. The topological polar surface area (TPSA) is 0 Å². The molecule has 5 rings (SSSR count). The third-order valence-corrected chi connectivity index (χ3v) is 11.3. The third-order valence-electron chi connectivity index (χ3n) is 6.55. The van der Waals surface area contributed by atoms with Crippen LogP contribution in [0.1, 0.15) is 22.3 Å². The summed E-state index contributed by atoms with van der Waals surface area (Å²) in [4.78, 5) is 0. The van der Waals surface area contributed by atoms with Gasteiger partial charge in [0.2, 0.25) is 0 Å². The van der Waals surface area contributed by atoms with E-state index >= 15 is 0 Å². The quantitative estimate of drug-likeness (QED) is 0.210. The second-order valence-corrected chi connectivity index (χ2v) is 12.2. The Morgan fingerprint density at radius 1 is 0.417 bits per heavy atom. The molecule has 0 fully saturated rings. The lowest BCUT2D eigenvalue weighted by Crippen LogP contribution is -2.35. The molecule has 0 nitrogen and oxygen atoms in total. The second-order valence-electron chi connectivity index (χ2n) is 8.66. The average molecular weight is 498 g/mol. The first-order chi connectivity index (χ1) is 17.5. The molecule has 1 unspecified atom stereocenters. The predicted molar refractivity (Wildman–Crippen MR) is 145 cm³/mol. The molecule has 5 aromatic carbocycles. The van der Waals surface area contributed by atoms with Crippen molar-refractivity contribution in [3.63, 3.8) is 0 Å². The van der Waals surface area contributed by atoms with Crippen LogP contribution in [-0.2, 0) is 6.18 Å². The number of rotatable bonds is 6. The van der Waals surface area contributed by atoms with E-state index in [9.17, 15) is 13.2 Å². The summed E-state index contributed by atoms with van der Waals surface area (Å²) in [5.41, 5.74) is 1.11. The molecule has 4 heteroatoms. The van der Waals surface area contributed by atoms with Gasteiger partial charge in [0.05, 0.1) is 5.56 Å². The van der Waals surface area contributed by atoms with Gasteiger partial charge in [0.1, 0.15) is 28.8 Å². The zero-order valence-electron chi connectivity index (χ0n) is 19.5. The summed E-state index contributed by atoms with van der Waals surface area (Å²) in [6.45, 7) is 0. The lowest BCUT2D eigenvalue weighted by atomic mass is 10.0. The Balaban J connectivity index is 1.89. The normalized spacial score (nSPS) is 12.8. The first kappa shape index (κ1) is 24.0. The predicted octanol–water partition coefficient (Wildman–Crippen LogP) is 7.79. The van der Waals surface area contributed by atoms with Crippen LogP contribution in [0.3, 0.4) is 0 Å². The molecule has 0 saturated heterocycles. The van der Waals surface area contributed by atoms with E-state index in [1.165, 1.54) is 28.0 Å². The highest BCUT2D eigenvalue weighted by atomic mass is 31.2. The standard InChI is InChI=1S/C32H25F3P/c33-32(34,35)27-23-21-26(22-24-27)31(25-13-5-1-6-14-25)36(28-15-7-2-8-16-28,29-17-9-3-10-18-29)30-19-11-4-12-20-30/h1-24,31H/q+1. The Hall–Kier alpha value is -3.68. The fourth-order valence-corrected chi connectivity index (χ4v) is 9.97. The molecule has 36 heavy (non-hydrogen) atoms. The van der Waals surface area contributed by atoms with Crippen LogP contribution in [0.5, 0.6) is 0 Å². The smallest absolute Gasteiger partial charge is 0.166 e. The number of hydrogen-bond acceptors (Lipinski definition) is 0. The Kier molecular flexibility index (Phi) is 6.76. The Morgan fingerprint density at radius 2 is 0.750 bits per heavy atom. The number of hydrogen-bond donors (Lipinski definition) is 0. The summed E-state index contributed by atoms with van der Waals surface area (Å²) in [7, 11) is -2.44. The van der Waals surface area contributed by atoms with Gasteiger partial charge in [0, 0.05) is 0 Å². The SMILES string of the molecule is FC(F)(F)c1ccc(C(c2ccccc2)[P+](c2ccccc2)(c2ccccc2)c2ccccc2)cc1. The van der Waals surface area contributed by atoms with Gasteiger partial charge < -0.3 is 0 Å². The van der Waals surface area contributed by atoms with Crippen LogP contribution in [-0.4, -0.2) is 0 Å². The minimum atomic E-state index is -4.38. The average Bonchev–Trinajstić information content (AvgIpc) is 2.93. The largest absolute Gasteiger partial charge is 0.416 e.